The van der Waals surface area contributed by atoms with Gasteiger partial charge in [-0.05, 0) is 30.9 Å². The van der Waals surface area contributed by atoms with E-state index in [0.717, 1.165) is 30.6 Å². The highest BCUT2D eigenvalue weighted by Crippen LogP contribution is 2.56. The van der Waals surface area contributed by atoms with Crippen LogP contribution in [0.4, 0.5) is 5.69 Å². The molecule has 0 bridgehead atoms. The predicted octanol–water partition coefficient (Wildman–Crippen LogP) is 1.92. The first-order valence-corrected chi connectivity index (χ1v) is 10.6. The Labute approximate surface area is 176 Å². The minimum absolute atomic E-state index is 0.150. The Balaban J connectivity index is 1.72. The van der Waals surface area contributed by atoms with Crippen LogP contribution >= 0.6 is 0 Å². The van der Waals surface area contributed by atoms with Crippen molar-refractivity contribution in [2.75, 3.05) is 25.2 Å². The average molecular weight is 412 g/mol. The minimum Gasteiger partial charge on any atom is -0.467 e. The fourth-order valence-corrected chi connectivity index (χ4v) is 6.11. The number of carbonyl (C=O) groups is 3. The fraction of sp³-hybridized carbons (Fsp3) is 0.609. The number of Topliss-reactive ketones (excluding diaryl/α,β-unsaturated/α-hetero) is 1. The lowest BCUT2D eigenvalue weighted by atomic mass is 9.66. The van der Waals surface area contributed by atoms with E-state index in [9.17, 15) is 14.4 Å². The molecule has 5 rings (SSSR count). The Morgan fingerprint density at radius 2 is 1.97 bits per heavy atom. The van der Waals surface area contributed by atoms with E-state index in [2.05, 4.69) is 11.0 Å². The average Bonchev–Trinajstić information content (AvgIpc) is 3.40. The van der Waals surface area contributed by atoms with E-state index in [1.807, 2.05) is 39.0 Å². The minimum atomic E-state index is -1.70. The molecule has 1 amide bonds. The highest BCUT2D eigenvalue weighted by Gasteiger charge is 2.78. The largest absolute Gasteiger partial charge is 0.467 e. The van der Waals surface area contributed by atoms with Gasteiger partial charge in [-0.25, -0.2) is 4.79 Å². The number of amides is 1. The van der Waals surface area contributed by atoms with Gasteiger partial charge in [-0.1, -0.05) is 39.0 Å². The Bertz CT molecular complexity index is 953. The monoisotopic (exact) mass is 412 g/mol. The van der Waals surface area contributed by atoms with Crippen molar-refractivity contribution < 1.29 is 23.9 Å². The van der Waals surface area contributed by atoms with Gasteiger partial charge >= 0.3 is 5.97 Å². The number of carbonyl (C=O) groups excluding carboxylic acids is 3. The van der Waals surface area contributed by atoms with Crippen molar-refractivity contribution in [2.45, 2.75) is 57.8 Å². The molecule has 3 saturated heterocycles. The van der Waals surface area contributed by atoms with Crippen molar-refractivity contribution in [3.63, 3.8) is 0 Å². The van der Waals surface area contributed by atoms with Crippen molar-refractivity contribution in [3.8, 4) is 0 Å². The van der Waals surface area contributed by atoms with Gasteiger partial charge in [0.2, 0.25) is 11.4 Å². The summed E-state index contributed by atoms with van der Waals surface area (Å²) in [5.74, 6) is -1.35. The van der Waals surface area contributed by atoms with Crippen LogP contribution in [0, 0.1) is 10.8 Å². The third-order valence-electron chi connectivity index (χ3n) is 7.33. The second-order valence-electron chi connectivity index (χ2n) is 10.0. The van der Waals surface area contributed by atoms with Gasteiger partial charge < -0.3 is 14.4 Å². The summed E-state index contributed by atoms with van der Waals surface area (Å²) in [5.41, 5.74) is -1.38. The van der Waals surface area contributed by atoms with Gasteiger partial charge in [0.05, 0.1) is 19.8 Å². The zero-order chi connectivity index (χ0) is 21.5. The van der Waals surface area contributed by atoms with Crippen LogP contribution in [0.1, 0.15) is 39.2 Å². The fourth-order valence-electron chi connectivity index (χ4n) is 6.11. The summed E-state index contributed by atoms with van der Waals surface area (Å²) < 4.78 is 11.0. The number of ketones is 1. The van der Waals surface area contributed by atoms with Crippen LogP contribution in [-0.4, -0.2) is 60.6 Å². The van der Waals surface area contributed by atoms with Gasteiger partial charge in [-0.2, -0.15) is 0 Å². The molecule has 0 aliphatic carbocycles. The Morgan fingerprint density at radius 1 is 1.23 bits per heavy atom. The molecule has 7 nitrogen and oxygen atoms in total. The van der Waals surface area contributed by atoms with Crippen LogP contribution in [0.3, 0.4) is 0 Å². The lowest BCUT2D eigenvalue weighted by molar-refractivity contribution is -0.160. The lowest BCUT2D eigenvalue weighted by Gasteiger charge is -2.45. The number of esters is 1. The Hall–Kier alpha value is -2.41. The van der Waals surface area contributed by atoms with Crippen molar-refractivity contribution in [2.24, 2.45) is 10.8 Å². The molecule has 4 heterocycles. The predicted molar refractivity (Wildman–Crippen MR) is 109 cm³/mol. The summed E-state index contributed by atoms with van der Waals surface area (Å²) in [6, 6.07) is 7.72. The summed E-state index contributed by atoms with van der Waals surface area (Å²) in [6.45, 7) is 6.50. The highest BCUT2D eigenvalue weighted by molar-refractivity contribution is 6.27. The van der Waals surface area contributed by atoms with Crippen molar-refractivity contribution in [1.29, 1.82) is 0 Å². The molecule has 0 aromatic heterocycles. The molecular formula is C23H28N2O5. The lowest BCUT2D eigenvalue weighted by Crippen LogP contribution is -2.59. The maximum atomic E-state index is 14.3. The number of rotatable bonds is 1. The Morgan fingerprint density at radius 3 is 2.67 bits per heavy atom. The van der Waals surface area contributed by atoms with Crippen molar-refractivity contribution >= 4 is 23.3 Å². The van der Waals surface area contributed by atoms with E-state index in [-0.39, 0.29) is 24.3 Å². The van der Waals surface area contributed by atoms with Crippen LogP contribution in [0.5, 0.6) is 0 Å². The van der Waals surface area contributed by atoms with Crippen molar-refractivity contribution in [1.82, 2.24) is 4.90 Å². The Kier molecular flexibility index (Phi) is 3.95. The molecule has 0 saturated carbocycles. The van der Waals surface area contributed by atoms with E-state index < -0.39 is 28.6 Å². The third-order valence-corrected chi connectivity index (χ3v) is 7.33. The number of para-hydroxylation sites is 1. The topological polar surface area (TPSA) is 76.2 Å². The van der Waals surface area contributed by atoms with Gasteiger partial charge in [0.25, 0.3) is 0 Å². The van der Waals surface area contributed by atoms with Crippen LogP contribution in [0.2, 0.25) is 0 Å². The molecular weight excluding hydrogens is 384 g/mol. The maximum absolute atomic E-state index is 14.3. The number of anilines is 1. The molecule has 1 aromatic carbocycles. The molecule has 3 fully saturated rings. The molecule has 7 heteroatoms. The van der Waals surface area contributed by atoms with E-state index in [0.29, 0.717) is 6.42 Å². The SMILES string of the molecule is COC(=O)[C@]12CO[C@H](C(C)(C)C)N1C(=O)[C@]1(Cc3ccccc3N3CCC[C@@H]31)C2=O. The molecule has 30 heavy (non-hydrogen) atoms. The molecule has 0 radical (unpaired) electrons. The van der Waals surface area contributed by atoms with Gasteiger partial charge in [0, 0.05) is 17.6 Å². The first kappa shape index (κ1) is 19.5. The second-order valence-corrected chi connectivity index (χ2v) is 10.0. The molecule has 160 valence electrons. The zero-order valence-electron chi connectivity index (χ0n) is 17.9. The molecule has 1 aromatic rings. The van der Waals surface area contributed by atoms with E-state index in [1.54, 1.807) is 0 Å². The number of nitrogens with zero attached hydrogens (tertiary/aromatic N) is 2. The molecule has 4 aliphatic rings. The zero-order valence-corrected chi connectivity index (χ0v) is 17.9. The standard InChI is InChI=1S/C23H28N2O5/c1-21(2,3)19-25-18(27)22(17(26)23(25,13-30-19)20(28)29-4)12-14-8-5-6-9-15(14)24-11-7-10-16(22)24/h5-6,8-9,16,19H,7,10-13H2,1-4H3/t16-,19-,22+,23-/m1/s1. The maximum Gasteiger partial charge on any atom is 0.342 e. The van der Waals surface area contributed by atoms with Gasteiger partial charge in [0.15, 0.2) is 5.78 Å². The van der Waals surface area contributed by atoms with Gasteiger partial charge in [-0.3, -0.25) is 14.5 Å². The van der Waals surface area contributed by atoms with Gasteiger partial charge in [0.1, 0.15) is 11.6 Å². The summed E-state index contributed by atoms with van der Waals surface area (Å²) >= 11 is 0. The second kappa shape index (κ2) is 6.06. The molecule has 1 spiro atoms. The quantitative estimate of drug-likeness (QED) is 0.518. The summed E-state index contributed by atoms with van der Waals surface area (Å²) in [6.07, 6.45) is 1.30. The number of ether oxygens (including phenoxy) is 2. The number of hydrogen-bond acceptors (Lipinski definition) is 6. The number of hydrogen-bond donors (Lipinski definition) is 0. The molecule has 0 unspecified atom stereocenters. The van der Waals surface area contributed by atoms with Crippen LogP contribution in [-0.2, 0) is 30.3 Å². The van der Waals surface area contributed by atoms with E-state index in [4.69, 9.17) is 9.47 Å². The highest BCUT2D eigenvalue weighted by atomic mass is 16.6. The third kappa shape index (κ3) is 2.11. The van der Waals surface area contributed by atoms with Crippen LogP contribution in [0.15, 0.2) is 24.3 Å². The van der Waals surface area contributed by atoms with Gasteiger partial charge in [-0.15, -0.1) is 0 Å². The summed E-state index contributed by atoms with van der Waals surface area (Å²) in [7, 11) is 1.26. The number of fused-ring (bicyclic) bond motifs is 5. The first-order chi connectivity index (χ1) is 14.2. The van der Waals surface area contributed by atoms with Crippen molar-refractivity contribution in [3.05, 3.63) is 29.8 Å². The number of benzene rings is 1. The smallest absolute Gasteiger partial charge is 0.342 e. The molecule has 4 atom stereocenters. The van der Waals surface area contributed by atoms with Crippen LogP contribution in [0.25, 0.3) is 0 Å². The summed E-state index contributed by atoms with van der Waals surface area (Å²) in [4.78, 5) is 45.2. The molecule has 4 aliphatic heterocycles. The number of methoxy groups -OCH3 is 1. The molecule has 0 N–H and O–H groups in total. The van der Waals surface area contributed by atoms with E-state index >= 15 is 0 Å². The van der Waals surface area contributed by atoms with Crippen LogP contribution < -0.4 is 4.90 Å². The van der Waals surface area contributed by atoms with E-state index in [1.165, 1.54) is 12.0 Å². The normalized spacial score (nSPS) is 34.9. The summed E-state index contributed by atoms with van der Waals surface area (Å²) in [5, 5.41) is 0. The first-order valence-electron chi connectivity index (χ1n) is 10.6.